The third-order valence-corrected chi connectivity index (χ3v) is 7.45. The smallest absolute Gasteiger partial charge is 0.298 e. The molecule has 33 heavy (non-hydrogen) atoms. The van der Waals surface area contributed by atoms with E-state index in [-0.39, 0.29) is 12.5 Å². The molecule has 1 N–H and O–H groups in total. The lowest BCUT2D eigenvalue weighted by atomic mass is 9.99. The molecule has 2 aromatic heterocycles. The maximum Gasteiger partial charge on any atom is 0.390 e. The van der Waals surface area contributed by atoms with E-state index in [0.29, 0.717) is 31.0 Å². The van der Waals surface area contributed by atoms with Crippen LogP contribution in [0.5, 0.6) is 0 Å². The van der Waals surface area contributed by atoms with Crippen molar-refractivity contribution in [2.75, 3.05) is 19.6 Å². The van der Waals surface area contributed by atoms with Crippen LogP contribution in [0, 0.1) is 5.92 Å². The van der Waals surface area contributed by atoms with Gasteiger partial charge in [-0.15, -0.1) is 0 Å². The van der Waals surface area contributed by atoms with Crippen LogP contribution in [0.4, 0.5) is 13.2 Å². The molecule has 4 heterocycles. The fourth-order valence-corrected chi connectivity index (χ4v) is 5.60. The van der Waals surface area contributed by atoms with Crippen molar-refractivity contribution in [3.8, 4) is 0 Å². The first-order valence-electron chi connectivity index (χ1n) is 12.3. The average molecular weight is 465 g/mol. The highest BCUT2D eigenvalue weighted by molar-refractivity contribution is 5.33. The van der Waals surface area contributed by atoms with Gasteiger partial charge >= 0.3 is 6.18 Å². The van der Waals surface area contributed by atoms with Crippen LogP contribution in [0.3, 0.4) is 0 Å². The maximum atomic E-state index is 12.7. The summed E-state index contributed by atoms with van der Waals surface area (Å²) < 4.78 is 40.4. The molecule has 2 aliphatic heterocycles. The largest absolute Gasteiger partial charge is 0.390 e. The zero-order valence-corrected chi connectivity index (χ0v) is 20.0. The summed E-state index contributed by atoms with van der Waals surface area (Å²) in [6.45, 7) is 12.9. The van der Waals surface area contributed by atoms with Crippen molar-refractivity contribution in [3.05, 3.63) is 33.9 Å². The SMILES string of the molecule is CC(C)c1n[nH]c2c1CN(CC1CC1n1nc(C(C)C)c3c1CN(CCC(F)(F)F)C3)CC2. The Morgan fingerprint density at radius 3 is 2.42 bits per heavy atom. The molecule has 0 aromatic carbocycles. The minimum absolute atomic E-state index is 0.0583. The van der Waals surface area contributed by atoms with Crippen molar-refractivity contribution in [1.29, 1.82) is 0 Å². The lowest BCUT2D eigenvalue weighted by molar-refractivity contribution is -0.138. The van der Waals surface area contributed by atoms with E-state index < -0.39 is 12.6 Å². The van der Waals surface area contributed by atoms with Crippen LogP contribution in [0.25, 0.3) is 0 Å². The van der Waals surface area contributed by atoms with Crippen LogP contribution >= 0.6 is 0 Å². The summed E-state index contributed by atoms with van der Waals surface area (Å²) in [5.74, 6) is 1.24. The number of H-pyrrole nitrogens is 1. The Morgan fingerprint density at radius 2 is 1.73 bits per heavy atom. The van der Waals surface area contributed by atoms with E-state index in [1.54, 1.807) is 0 Å². The highest BCUT2D eigenvalue weighted by Crippen LogP contribution is 2.47. The molecule has 2 aromatic rings. The standard InChI is InChI=1S/C24H35F3N6/c1-14(2)22-17-11-31(7-5-19(17)28-29-22)10-16-9-20(16)33-21-13-32(8-6-24(25,26)27)12-18(21)23(30-33)15(3)4/h14-16,20H,5-13H2,1-4H3,(H,28,29). The second-order valence-corrected chi connectivity index (χ2v) is 10.8. The Bertz CT molecular complexity index is 1000. The number of hydrogen-bond acceptors (Lipinski definition) is 4. The number of aromatic nitrogens is 4. The van der Waals surface area contributed by atoms with Crippen molar-refractivity contribution in [3.63, 3.8) is 0 Å². The van der Waals surface area contributed by atoms with Crippen LogP contribution in [-0.2, 0) is 26.1 Å². The van der Waals surface area contributed by atoms with E-state index in [0.717, 1.165) is 43.9 Å². The topological polar surface area (TPSA) is 53.0 Å². The zero-order chi connectivity index (χ0) is 23.5. The van der Waals surface area contributed by atoms with Gasteiger partial charge in [-0.1, -0.05) is 27.7 Å². The quantitative estimate of drug-likeness (QED) is 0.643. The molecule has 0 bridgehead atoms. The predicted octanol–water partition coefficient (Wildman–Crippen LogP) is 4.74. The lowest BCUT2D eigenvalue weighted by Gasteiger charge is -2.27. The summed E-state index contributed by atoms with van der Waals surface area (Å²) in [6.07, 6.45) is -2.76. The summed E-state index contributed by atoms with van der Waals surface area (Å²) in [5.41, 5.74) is 7.22. The number of nitrogens with zero attached hydrogens (tertiary/aromatic N) is 5. The Balaban J connectivity index is 1.26. The molecule has 1 aliphatic carbocycles. The average Bonchev–Trinajstić information content (AvgIpc) is 3.07. The molecule has 0 amide bonds. The third kappa shape index (κ3) is 4.58. The van der Waals surface area contributed by atoms with Crippen LogP contribution in [0.1, 0.15) is 92.3 Å². The number of rotatable bonds is 7. The molecule has 182 valence electrons. The highest BCUT2D eigenvalue weighted by atomic mass is 19.4. The summed E-state index contributed by atoms with van der Waals surface area (Å²) in [6, 6.07) is 0.365. The fourth-order valence-electron chi connectivity index (χ4n) is 5.60. The van der Waals surface area contributed by atoms with Gasteiger partial charge in [-0.2, -0.15) is 23.4 Å². The van der Waals surface area contributed by atoms with Crippen molar-refractivity contribution >= 4 is 0 Å². The Kier molecular flexibility index (Phi) is 5.84. The highest BCUT2D eigenvalue weighted by Gasteiger charge is 2.44. The molecule has 3 aliphatic rings. The first-order valence-corrected chi connectivity index (χ1v) is 12.3. The number of nitrogens with one attached hydrogen (secondary N) is 1. The molecule has 1 saturated carbocycles. The monoisotopic (exact) mass is 464 g/mol. The molecule has 9 heteroatoms. The summed E-state index contributed by atoms with van der Waals surface area (Å²) in [5, 5.41) is 12.8. The van der Waals surface area contributed by atoms with Crippen LogP contribution in [0.2, 0.25) is 0 Å². The van der Waals surface area contributed by atoms with Gasteiger partial charge in [-0.05, 0) is 24.2 Å². The molecule has 2 atom stereocenters. The molecular formula is C24H35F3N6. The van der Waals surface area contributed by atoms with E-state index in [4.69, 9.17) is 5.10 Å². The number of halogens is 3. The van der Waals surface area contributed by atoms with Gasteiger partial charge in [0.15, 0.2) is 0 Å². The van der Waals surface area contributed by atoms with Gasteiger partial charge in [0.2, 0.25) is 0 Å². The summed E-state index contributed by atoms with van der Waals surface area (Å²) in [7, 11) is 0. The van der Waals surface area contributed by atoms with Crippen molar-refractivity contribution in [2.24, 2.45) is 5.92 Å². The Morgan fingerprint density at radius 1 is 1.00 bits per heavy atom. The Hall–Kier alpha value is -1.87. The second-order valence-electron chi connectivity index (χ2n) is 10.8. The normalized spacial score (nSPS) is 23.5. The minimum atomic E-state index is -4.11. The van der Waals surface area contributed by atoms with Crippen LogP contribution in [0.15, 0.2) is 0 Å². The van der Waals surface area contributed by atoms with Crippen molar-refractivity contribution < 1.29 is 13.2 Å². The number of hydrogen-bond donors (Lipinski definition) is 1. The summed E-state index contributed by atoms with van der Waals surface area (Å²) >= 11 is 0. The van der Waals surface area contributed by atoms with E-state index in [1.165, 1.54) is 22.5 Å². The van der Waals surface area contributed by atoms with E-state index in [2.05, 4.69) is 47.5 Å². The van der Waals surface area contributed by atoms with E-state index in [1.807, 2.05) is 4.90 Å². The van der Waals surface area contributed by atoms with E-state index >= 15 is 0 Å². The third-order valence-electron chi connectivity index (χ3n) is 7.45. The zero-order valence-electron chi connectivity index (χ0n) is 20.0. The van der Waals surface area contributed by atoms with Crippen molar-refractivity contribution in [1.82, 2.24) is 29.8 Å². The van der Waals surface area contributed by atoms with Crippen molar-refractivity contribution in [2.45, 2.75) is 90.6 Å². The van der Waals surface area contributed by atoms with E-state index in [9.17, 15) is 13.2 Å². The second kappa shape index (κ2) is 8.41. The Labute approximate surface area is 193 Å². The minimum Gasteiger partial charge on any atom is -0.298 e. The lowest BCUT2D eigenvalue weighted by Crippen LogP contribution is -2.33. The first-order chi connectivity index (χ1) is 15.6. The maximum absolute atomic E-state index is 12.7. The fraction of sp³-hybridized carbons (Fsp3) is 0.750. The van der Waals surface area contributed by atoms with Gasteiger partial charge in [0.25, 0.3) is 0 Å². The number of alkyl halides is 3. The molecule has 0 spiro atoms. The van der Waals surface area contributed by atoms with Crippen LogP contribution < -0.4 is 0 Å². The first kappa shape index (κ1) is 22.9. The van der Waals surface area contributed by atoms with Gasteiger partial charge in [-0.3, -0.25) is 19.6 Å². The molecule has 6 nitrogen and oxygen atoms in total. The molecule has 1 fully saturated rings. The van der Waals surface area contributed by atoms with Gasteiger partial charge < -0.3 is 0 Å². The number of aromatic amines is 1. The molecular weight excluding hydrogens is 429 g/mol. The molecule has 0 saturated heterocycles. The van der Waals surface area contributed by atoms with Gasteiger partial charge in [-0.25, -0.2) is 0 Å². The summed E-state index contributed by atoms with van der Waals surface area (Å²) in [4.78, 5) is 4.47. The van der Waals surface area contributed by atoms with Gasteiger partial charge in [0, 0.05) is 62.5 Å². The molecule has 5 rings (SSSR count). The van der Waals surface area contributed by atoms with Gasteiger partial charge in [0.1, 0.15) is 0 Å². The van der Waals surface area contributed by atoms with Gasteiger partial charge in [0.05, 0.1) is 29.5 Å². The predicted molar refractivity (Wildman–Crippen MR) is 120 cm³/mol. The molecule has 0 radical (unpaired) electrons. The molecule has 2 unspecified atom stereocenters. The number of fused-ring (bicyclic) bond motifs is 2. The van der Waals surface area contributed by atoms with Crippen LogP contribution in [-0.4, -0.2) is 55.6 Å².